The number of rotatable bonds is 6. The Bertz CT molecular complexity index is 1340. The van der Waals surface area contributed by atoms with Crippen molar-refractivity contribution in [1.82, 2.24) is 19.9 Å². The molecule has 6 rings (SSSR count). The molecule has 1 aromatic carbocycles. The third-order valence-electron chi connectivity index (χ3n) is 7.55. The SMILES string of the molecule is O=c1cc(-c2cc(O)c(-c3cnc(N(C4CC4)[C@H]4CC5CCC(N5)[C@H]4F)cn3)cc2F)ccn1CF. The van der Waals surface area contributed by atoms with E-state index in [-0.39, 0.29) is 46.3 Å². The summed E-state index contributed by atoms with van der Waals surface area (Å²) in [6, 6.07) is 5.06. The van der Waals surface area contributed by atoms with E-state index in [0.717, 1.165) is 48.8 Å². The van der Waals surface area contributed by atoms with Gasteiger partial charge < -0.3 is 15.3 Å². The predicted octanol–water partition coefficient (Wildman–Crippen LogP) is 3.94. The van der Waals surface area contributed by atoms with Crippen LogP contribution in [0.5, 0.6) is 5.75 Å². The van der Waals surface area contributed by atoms with Gasteiger partial charge in [-0.3, -0.25) is 14.3 Å². The number of phenols is 1. The van der Waals surface area contributed by atoms with E-state index in [4.69, 9.17) is 0 Å². The number of benzene rings is 1. The van der Waals surface area contributed by atoms with Crippen molar-refractivity contribution in [1.29, 1.82) is 0 Å². The molecule has 3 aromatic rings. The second-order valence-corrected chi connectivity index (χ2v) is 9.89. The van der Waals surface area contributed by atoms with E-state index in [9.17, 15) is 14.3 Å². The van der Waals surface area contributed by atoms with Crippen LogP contribution in [-0.4, -0.2) is 50.0 Å². The zero-order valence-electron chi connectivity index (χ0n) is 19.4. The largest absolute Gasteiger partial charge is 0.507 e. The van der Waals surface area contributed by atoms with E-state index in [0.29, 0.717) is 11.9 Å². The topological polar surface area (TPSA) is 83.3 Å². The summed E-state index contributed by atoms with van der Waals surface area (Å²) in [5.41, 5.74) is 0.0404. The maximum Gasteiger partial charge on any atom is 0.253 e. The first-order chi connectivity index (χ1) is 17.4. The number of halogens is 3. The number of alkyl halides is 2. The molecule has 10 heteroatoms. The maximum atomic E-state index is 15.3. The van der Waals surface area contributed by atoms with E-state index in [1.54, 1.807) is 6.20 Å². The molecule has 2 aromatic heterocycles. The first-order valence-corrected chi connectivity index (χ1v) is 12.2. The summed E-state index contributed by atoms with van der Waals surface area (Å²) in [4.78, 5) is 23.0. The van der Waals surface area contributed by atoms with E-state index < -0.39 is 24.3 Å². The molecule has 1 saturated carbocycles. The Kier molecular flexibility index (Phi) is 5.70. The lowest BCUT2D eigenvalue weighted by atomic mass is 9.96. The summed E-state index contributed by atoms with van der Waals surface area (Å²) in [5.74, 6) is -0.322. The lowest BCUT2D eigenvalue weighted by Crippen LogP contribution is -2.57. The number of phenolic OH excluding ortho intramolecular Hbond substituents is 1. The Morgan fingerprint density at radius 2 is 1.94 bits per heavy atom. The number of aromatic hydroxyl groups is 1. The second-order valence-electron chi connectivity index (χ2n) is 9.89. The molecule has 3 fully saturated rings. The second kappa shape index (κ2) is 8.92. The zero-order chi connectivity index (χ0) is 25.0. The number of nitrogens with zero attached hydrogens (tertiary/aromatic N) is 4. The molecular formula is C26H26F3N5O2. The van der Waals surface area contributed by atoms with Crippen molar-refractivity contribution in [2.24, 2.45) is 0 Å². The highest BCUT2D eigenvalue weighted by Gasteiger charge is 2.48. The molecule has 0 amide bonds. The molecule has 2 unspecified atom stereocenters. The van der Waals surface area contributed by atoms with Gasteiger partial charge in [-0.2, -0.15) is 0 Å². The first kappa shape index (κ1) is 23.0. The van der Waals surface area contributed by atoms with Crippen LogP contribution in [0.1, 0.15) is 32.1 Å². The monoisotopic (exact) mass is 497 g/mol. The fourth-order valence-corrected chi connectivity index (χ4v) is 5.58. The number of nitrogens with one attached hydrogen (secondary N) is 1. The van der Waals surface area contributed by atoms with Gasteiger partial charge >= 0.3 is 0 Å². The van der Waals surface area contributed by atoms with Gasteiger partial charge in [0.2, 0.25) is 0 Å². The predicted molar refractivity (Wildman–Crippen MR) is 129 cm³/mol. The summed E-state index contributed by atoms with van der Waals surface area (Å²) in [6.07, 6.45) is 7.80. The molecule has 1 aliphatic carbocycles. The van der Waals surface area contributed by atoms with Crippen LogP contribution < -0.4 is 15.8 Å². The van der Waals surface area contributed by atoms with Crippen LogP contribution in [0.2, 0.25) is 0 Å². The van der Waals surface area contributed by atoms with E-state index in [1.807, 2.05) is 0 Å². The minimum Gasteiger partial charge on any atom is -0.507 e. The summed E-state index contributed by atoms with van der Waals surface area (Å²) in [6.45, 7) is -0.983. The van der Waals surface area contributed by atoms with Crippen LogP contribution in [0.25, 0.3) is 22.4 Å². The Morgan fingerprint density at radius 1 is 1.11 bits per heavy atom. The van der Waals surface area contributed by atoms with Crippen LogP contribution >= 0.6 is 0 Å². The maximum absolute atomic E-state index is 15.3. The van der Waals surface area contributed by atoms with E-state index in [2.05, 4.69) is 20.2 Å². The standard InChI is InChI=1S/C26H26F3N5O2/c27-13-33-6-5-14(7-25(33)36)17-10-23(35)18(9-19(17)28)21-11-31-24(12-30-21)34(16-2-3-16)22-8-15-1-4-20(32-15)26(22)29/h5-7,9-12,15-16,20,22,26,32,35H,1-4,8,13H2/t15?,20?,22-,26+/m0/s1. The third-order valence-corrected chi connectivity index (χ3v) is 7.55. The van der Waals surface area contributed by atoms with Crippen LogP contribution in [0.4, 0.5) is 19.0 Å². The quantitative estimate of drug-likeness (QED) is 0.537. The fraction of sp³-hybridized carbons (Fsp3) is 0.423. The van der Waals surface area contributed by atoms with Crippen LogP contribution in [-0.2, 0) is 6.80 Å². The highest BCUT2D eigenvalue weighted by atomic mass is 19.1. The van der Waals surface area contributed by atoms with Crippen molar-refractivity contribution in [2.45, 2.75) is 69.2 Å². The van der Waals surface area contributed by atoms with Crippen LogP contribution in [0, 0.1) is 5.82 Å². The van der Waals surface area contributed by atoms with Gasteiger partial charge in [0.05, 0.1) is 24.1 Å². The average molecular weight is 498 g/mol. The Morgan fingerprint density at radius 3 is 2.64 bits per heavy atom. The smallest absolute Gasteiger partial charge is 0.253 e. The molecule has 0 radical (unpaired) electrons. The average Bonchev–Trinajstić information content (AvgIpc) is 3.63. The van der Waals surface area contributed by atoms with E-state index >= 15 is 8.78 Å². The van der Waals surface area contributed by atoms with Crippen molar-refractivity contribution < 1.29 is 18.3 Å². The molecule has 4 heterocycles. The number of anilines is 1. The number of pyridine rings is 1. The molecule has 2 N–H and O–H groups in total. The van der Waals surface area contributed by atoms with Gasteiger partial charge in [0.1, 0.15) is 23.6 Å². The van der Waals surface area contributed by atoms with Crippen molar-refractivity contribution in [2.75, 3.05) is 4.90 Å². The Balaban J connectivity index is 1.28. The Hall–Kier alpha value is -3.40. The van der Waals surface area contributed by atoms with Gasteiger partial charge in [0, 0.05) is 41.5 Å². The number of fused-ring (bicyclic) bond motifs is 2. The van der Waals surface area contributed by atoms with Crippen molar-refractivity contribution in [3.63, 3.8) is 0 Å². The number of aromatic nitrogens is 3. The van der Waals surface area contributed by atoms with Gasteiger partial charge in [-0.05, 0) is 55.9 Å². The fourth-order valence-electron chi connectivity index (χ4n) is 5.58. The molecule has 36 heavy (non-hydrogen) atoms. The number of hydrogen-bond acceptors (Lipinski definition) is 6. The summed E-state index contributed by atoms with van der Waals surface area (Å²) in [7, 11) is 0. The normalized spacial score (nSPS) is 25.2. The van der Waals surface area contributed by atoms with E-state index in [1.165, 1.54) is 24.5 Å². The molecule has 2 saturated heterocycles. The van der Waals surface area contributed by atoms with Gasteiger partial charge in [0.25, 0.3) is 5.56 Å². The molecular weight excluding hydrogens is 471 g/mol. The molecule has 0 spiro atoms. The van der Waals surface area contributed by atoms with Crippen LogP contribution in [0.3, 0.4) is 0 Å². The highest BCUT2D eigenvalue weighted by Crippen LogP contribution is 2.40. The number of hydrogen-bond donors (Lipinski definition) is 2. The molecule has 188 valence electrons. The summed E-state index contributed by atoms with van der Waals surface area (Å²) < 4.78 is 43.9. The van der Waals surface area contributed by atoms with Crippen molar-refractivity contribution in [3.8, 4) is 28.1 Å². The minimum absolute atomic E-state index is 0.0124. The first-order valence-electron chi connectivity index (χ1n) is 12.2. The van der Waals surface area contributed by atoms with Crippen molar-refractivity contribution >= 4 is 5.82 Å². The summed E-state index contributed by atoms with van der Waals surface area (Å²) in [5, 5.41) is 14.0. The lowest BCUT2D eigenvalue weighted by Gasteiger charge is -2.41. The molecule has 4 atom stereocenters. The molecule has 7 nitrogen and oxygen atoms in total. The number of piperidine rings is 1. The lowest BCUT2D eigenvalue weighted by molar-refractivity contribution is 0.171. The van der Waals surface area contributed by atoms with Crippen LogP contribution in [0.15, 0.2) is 47.7 Å². The van der Waals surface area contributed by atoms with Gasteiger partial charge in [-0.15, -0.1) is 0 Å². The van der Waals surface area contributed by atoms with Gasteiger partial charge in [0.15, 0.2) is 6.80 Å². The van der Waals surface area contributed by atoms with Crippen molar-refractivity contribution in [3.05, 3.63) is 59.0 Å². The zero-order valence-corrected chi connectivity index (χ0v) is 19.4. The molecule has 2 bridgehead atoms. The van der Waals surface area contributed by atoms with Gasteiger partial charge in [-0.1, -0.05) is 0 Å². The molecule has 3 aliphatic rings. The highest BCUT2D eigenvalue weighted by molar-refractivity contribution is 5.74. The molecule has 2 aliphatic heterocycles. The van der Waals surface area contributed by atoms with Gasteiger partial charge in [-0.25, -0.2) is 18.2 Å². The summed E-state index contributed by atoms with van der Waals surface area (Å²) >= 11 is 0. The third kappa shape index (κ3) is 4.03. The Labute approximate surface area is 205 Å². The minimum atomic E-state index is -0.983.